The lowest BCUT2D eigenvalue weighted by Crippen LogP contribution is -2.28. The van der Waals surface area contributed by atoms with Gasteiger partial charge in [0, 0.05) is 33.5 Å². The molecule has 2 atom stereocenters. The van der Waals surface area contributed by atoms with E-state index in [1.165, 1.54) is 11.3 Å². The number of ketones is 1. The zero-order valence-electron chi connectivity index (χ0n) is 8.48. The maximum atomic E-state index is 11.4. The van der Waals surface area contributed by atoms with E-state index in [-0.39, 0.29) is 11.7 Å². The number of halogens is 1. The summed E-state index contributed by atoms with van der Waals surface area (Å²) in [5.74, 6) is -1.17. The first-order valence-corrected chi connectivity index (χ1v) is 6.73. The Labute approximate surface area is 106 Å². The molecular weight excluding hydrogens is 292 g/mol. The smallest absolute Gasteiger partial charge is 0.307 e. The lowest BCUT2D eigenvalue weighted by Gasteiger charge is -2.26. The van der Waals surface area contributed by atoms with Crippen LogP contribution in [0.15, 0.2) is 15.9 Å². The quantitative estimate of drug-likeness (QED) is 0.913. The molecule has 1 aliphatic carbocycles. The number of hydrogen-bond donors (Lipinski definition) is 1. The summed E-state index contributed by atoms with van der Waals surface area (Å²) in [6, 6.07) is 1.92. The van der Waals surface area contributed by atoms with Crippen molar-refractivity contribution < 1.29 is 14.7 Å². The zero-order chi connectivity index (χ0) is 11.7. The number of hydrogen-bond acceptors (Lipinski definition) is 3. The normalized spacial score (nSPS) is 25.7. The van der Waals surface area contributed by atoms with Crippen LogP contribution in [0.3, 0.4) is 0 Å². The monoisotopic (exact) mass is 302 g/mol. The van der Waals surface area contributed by atoms with E-state index in [4.69, 9.17) is 5.11 Å². The Morgan fingerprint density at radius 1 is 1.56 bits per heavy atom. The molecule has 1 heterocycles. The summed E-state index contributed by atoms with van der Waals surface area (Å²) in [6.07, 6.45) is 1.23. The van der Waals surface area contributed by atoms with Gasteiger partial charge in [0.25, 0.3) is 0 Å². The fourth-order valence-electron chi connectivity index (χ4n) is 2.12. The van der Waals surface area contributed by atoms with Gasteiger partial charge in [0.15, 0.2) is 0 Å². The van der Waals surface area contributed by atoms with Crippen molar-refractivity contribution in [3.8, 4) is 0 Å². The number of carboxylic acid groups (broad SMARTS) is 1. The molecule has 5 heteroatoms. The lowest BCUT2D eigenvalue weighted by atomic mass is 9.78. The number of carboxylic acids is 1. The standard InChI is InChI=1S/C11H11BrO3S/c12-6-3-10(16-5-6)9-4-7(13)1-2-8(9)11(14)15/h3,5,8-9H,1-2,4H2,(H,14,15). The van der Waals surface area contributed by atoms with Crippen LogP contribution in [-0.4, -0.2) is 16.9 Å². The number of aliphatic carboxylic acids is 1. The molecule has 1 fully saturated rings. The van der Waals surface area contributed by atoms with Crippen LogP contribution in [0.25, 0.3) is 0 Å². The third-order valence-electron chi connectivity index (χ3n) is 2.94. The molecule has 0 radical (unpaired) electrons. The van der Waals surface area contributed by atoms with Crippen LogP contribution >= 0.6 is 27.3 Å². The predicted molar refractivity (Wildman–Crippen MR) is 64.7 cm³/mol. The highest BCUT2D eigenvalue weighted by Gasteiger charge is 2.35. The van der Waals surface area contributed by atoms with Gasteiger partial charge in [-0.05, 0) is 28.4 Å². The second kappa shape index (κ2) is 4.67. The van der Waals surface area contributed by atoms with Crippen molar-refractivity contribution in [2.75, 3.05) is 0 Å². The van der Waals surface area contributed by atoms with Gasteiger partial charge in [0.05, 0.1) is 5.92 Å². The van der Waals surface area contributed by atoms with Crippen molar-refractivity contribution in [2.45, 2.75) is 25.2 Å². The average Bonchev–Trinajstić information content (AvgIpc) is 2.64. The Bertz CT molecular complexity index is 427. The number of Topliss-reactive ketones (excluding diaryl/α,β-unsaturated/α-hetero) is 1. The Morgan fingerprint density at radius 2 is 2.31 bits per heavy atom. The van der Waals surface area contributed by atoms with E-state index in [0.29, 0.717) is 19.3 Å². The minimum Gasteiger partial charge on any atom is -0.481 e. The van der Waals surface area contributed by atoms with E-state index >= 15 is 0 Å². The highest BCUT2D eigenvalue weighted by Crippen LogP contribution is 2.40. The summed E-state index contributed by atoms with van der Waals surface area (Å²) in [5.41, 5.74) is 0. The molecule has 0 amide bonds. The molecule has 0 spiro atoms. The van der Waals surface area contributed by atoms with E-state index in [1.54, 1.807) is 0 Å². The fourth-order valence-corrected chi connectivity index (χ4v) is 3.74. The molecule has 1 saturated carbocycles. The minimum atomic E-state index is -0.790. The van der Waals surface area contributed by atoms with Crippen molar-refractivity contribution in [2.24, 2.45) is 5.92 Å². The first kappa shape index (κ1) is 11.8. The molecule has 86 valence electrons. The molecule has 0 saturated heterocycles. The SMILES string of the molecule is O=C1CCC(C(=O)O)C(c2cc(Br)cs2)C1. The molecule has 1 aromatic rings. The van der Waals surface area contributed by atoms with Gasteiger partial charge >= 0.3 is 5.97 Å². The third kappa shape index (κ3) is 2.35. The highest BCUT2D eigenvalue weighted by atomic mass is 79.9. The minimum absolute atomic E-state index is 0.143. The van der Waals surface area contributed by atoms with E-state index in [2.05, 4.69) is 15.9 Å². The van der Waals surface area contributed by atoms with Gasteiger partial charge in [-0.25, -0.2) is 0 Å². The summed E-state index contributed by atoms with van der Waals surface area (Å²) in [6.45, 7) is 0. The summed E-state index contributed by atoms with van der Waals surface area (Å²) in [4.78, 5) is 23.5. The summed E-state index contributed by atoms with van der Waals surface area (Å²) >= 11 is 4.87. The van der Waals surface area contributed by atoms with Crippen LogP contribution in [0.1, 0.15) is 30.1 Å². The van der Waals surface area contributed by atoms with Gasteiger partial charge in [0.2, 0.25) is 0 Å². The maximum absolute atomic E-state index is 11.4. The highest BCUT2D eigenvalue weighted by molar-refractivity contribution is 9.10. The van der Waals surface area contributed by atoms with Crippen LogP contribution in [0, 0.1) is 5.92 Å². The average molecular weight is 303 g/mol. The van der Waals surface area contributed by atoms with Gasteiger partial charge in [-0.1, -0.05) is 0 Å². The van der Waals surface area contributed by atoms with Gasteiger partial charge in [0.1, 0.15) is 5.78 Å². The van der Waals surface area contributed by atoms with E-state index < -0.39 is 11.9 Å². The van der Waals surface area contributed by atoms with Gasteiger partial charge in [-0.15, -0.1) is 11.3 Å². The second-order valence-electron chi connectivity index (χ2n) is 4.00. The summed E-state index contributed by atoms with van der Waals surface area (Å²) in [5, 5.41) is 11.1. The third-order valence-corrected chi connectivity index (χ3v) is 4.76. The number of thiophene rings is 1. The number of carbonyl (C=O) groups is 2. The molecule has 2 unspecified atom stereocenters. The first-order chi connectivity index (χ1) is 7.58. The number of carbonyl (C=O) groups excluding carboxylic acids is 1. The summed E-state index contributed by atoms with van der Waals surface area (Å²) in [7, 11) is 0. The Kier molecular flexibility index (Phi) is 3.44. The fraction of sp³-hybridized carbons (Fsp3) is 0.455. The van der Waals surface area contributed by atoms with Crippen LogP contribution in [0.2, 0.25) is 0 Å². The van der Waals surface area contributed by atoms with E-state index in [9.17, 15) is 9.59 Å². The Morgan fingerprint density at radius 3 is 2.88 bits per heavy atom. The second-order valence-corrected chi connectivity index (χ2v) is 5.86. The number of rotatable bonds is 2. The molecule has 0 bridgehead atoms. The van der Waals surface area contributed by atoms with E-state index in [0.717, 1.165) is 9.35 Å². The molecule has 0 aliphatic heterocycles. The van der Waals surface area contributed by atoms with Crippen LogP contribution in [0.5, 0.6) is 0 Å². The molecule has 2 rings (SSSR count). The van der Waals surface area contributed by atoms with Crippen LogP contribution in [-0.2, 0) is 9.59 Å². The first-order valence-electron chi connectivity index (χ1n) is 5.06. The largest absolute Gasteiger partial charge is 0.481 e. The molecule has 3 nitrogen and oxygen atoms in total. The van der Waals surface area contributed by atoms with Crippen molar-refractivity contribution in [1.82, 2.24) is 0 Å². The molecule has 1 aliphatic rings. The Balaban J connectivity index is 2.27. The molecular formula is C11H11BrO3S. The topological polar surface area (TPSA) is 54.4 Å². The summed E-state index contributed by atoms with van der Waals surface area (Å²) < 4.78 is 0.953. The molecule has 1 N–H and O–H groups in total. The molecule has 0 aromatic carbocycles. The van der Waals surface area contributed by atoms with Crippen molar-refractivity contribution in [1.29, 1.82) is 0 Å². The van der Waals surface area contributed by atoms with Crippen molar-refractivity contribution in [3.63, 3.8) is 0 Å². The van der Waals surface area contributed by atoms with E-state index in [1.807, 2.05) is 11.4 Å². The molecule has 1 aromatic heterocycles. The predicted octanol–water partition coefficient (Wildman–Crippen LogP) is 3.05. The van der Waals surface area contributed by atoms with Gasteiger partial charge in [-0.3, -0.25) is 9.59 Å². The van der Waals surface area contributed by atoms with Crippen LogP contribution in [0.4, 0.5) is 0 Å². The van der Waals surface area contributed by atoms with Gasteiger partial charge < -0.3 is 5.11 Å². The zero-order valence-corrected chi connectivity index (χ0v) is 10.9. The Hall–Kier alpha value is -0.680. The van der Waals surface area contributed by atoms with Crippen LogP contribution < -0.4 is 0 Å². The maximum Gasteiger partial charge on any atom is 0.307 e. The van der Waals surface area contributed by atoms with Gasteiger partial charge in [-0.2, -0.15) is 0 Å². The van der Waals surface area contributed by atoms with Crippen molar-refractivity contribution in [3.05, 3.63) is 20.8 Å². The lowest BCUT2D eigenvalue weighted by molar-refractivity contribution is -0.144. The molecule has 16 heavy (non-hydrogen) atoms. The van der Waals surface area contributed by atoms with Crippen molar-refractivity contribution >= 4 is 39.0 Å².